The molecule has 0 bridgehead atoms. The van der Waals surface area contributed by atoms with Gasteiger partial charge in [0.05, 0.1) is 16.7 Å². The Morgan fingerprint density at radius 3 is 1.78 bits per heavy atom. The van der Waals surface area contributed by atoms with Gasteiger partial charge < -0.3 is 5.43 Å². The van der Waals surface area contributed by atoms with Crippen LogP contribution in [0.25, 0.3) is 21.8 Å². The van der Waals surface area contributed by atoms with Crippen molar-refractivity contribution in [1.29, 1.82) is 0 Å². The fourth-order valence-corrected chi connectivity index (χ4v) is 2.95. The van der Waals surface area contributed by atoms with Gasteiger partial charge in [-0.15, -0.1) is 35.6 Å². The smallest absolute Gasteiger partial charge is 0.0731 e. The Labute approximate surface area is 152 Å². The third kappa shape index (κ3) is 3.99. The molecule has 0 saturated heterocycles. The van der Waals surface area contributed by atoms with Crippen LogP contribution < -0.4 is 5.43 Å². The number of benzene rings is 2. The minimum Gasteiger partial charge on any atom is -0.317 e. The number of anilines is 1. The topological polar surface area (TPSA) is 28.2 Å². The van der Waals surface area contributed by atoms with Gasteiger partial charge in [-0.25, -0.2) is 9.99 Å². The summed E-state index contributed by atoms with van der Waals surface area (Å²) < 4.78 is 0. The molecule has 0 aliphatic heterocycles. The first-order valence-electron chi connectivity index (χ1n) is 7.24. The first kappa shape index (κ1) is 18.1. The van der Waals surface area contributed by atoms with Crippen molar-refractivity contribution in [3.63, 3.8) is 0 Å². The number of fused-ring (bicyclic) bond motifs is 2. The van der Waals surface area contributed by atoms with E-state index in [4.69, 9.17) is 28.2 Å². The summed E-state index contributed by atoms with van der Waals surface area (Å²) in [6.45, 7) is 1.44. The van der Waals surface area contributed by atoms with Crippen LogP contribution in [-0.4, -0.2) is 34.8 Å². The van der Waals surface area contributed by atoms with Crippen LogP contribution in [0.1, 0.15) is 0 Å². The van der Waals surface area contributed by atoms with E-state index in [9.17, 15) is 0 Å². The zero-order chi connectivity index (χ0) is 15.4. The number of hydrogen-bond donors (Lipinski definition) is 1. The molecule has 3 rings (SSSR count). The number of nitrogens with zero attached hydrogens (tertiary/aromatic N) is 2. The number of hydrogen-bond acceptors (Lipinski definition) is 3. The molecule has 23 heavy (non-hydrogen) atoms. The second kappa shape index (κ2) is 8.55. The van der Waals surface area contributed by atoms with Crippen LogP contribution in [0.5, 0.6) is 0 Å². The third-order valence-corrected chi connectivity index (χ3v) is 3.90. The number of para-hydroxylation sites is 2. The first-order valence-corrected chi connectivity index (χ1v) is 8.31. The number of nitrogens with one attached hydrogen (secondary N) is 1. The Hall–Kier alpha value is -1.26. The van der Waals surface area contributed by atoms with Gasteiger partial charge in [0, 0.05) is 35.6 Å². The highest BCUT2D eigenvalue weighted by molar-refractivity contribution is 6.18. The molecule has 122 valence electrons. The Bertz CT molecular complexity index is 719. The van der Waals surface area contributed by atoms with E-state index >= 15 is 0 Å². The van der Waals surface area contributed by atoms with E-state index in [1.165, 1.54) is 0 Å². The lowest BCUT2D eigenvalue weighted by molar-refractivity contribution is 0.372. The summed E-state index contributed by atoms with van der Waals surface area (Å²) in [5.74, 6) is 1.09. The van der Waals surface area contributed by atoms with E-state index in [2.05, 4.69) is 17.6 Å². The monoisotopic (exact) mass is 369 g/mol. The molecule has 0 saturated carbocycles. The van der Waals surface area contributed by atoms with E-state index < -0.39 is 0 Å². The predicted molar refractivity (Wildman–Crippen MR) is 103 cm³/mol. The summed E-state index contributed by atoms with van der Waals surface area (Å²) in [5.41, 5.74) is 6.49. The quantitative estimate of drug-likeness (QED) is 0.379. The largest absolute Gasteiger partial charge is 0.317 e. The molecule has 1 heterocycles. The molecule has 0 atom stereocenters. The predicted octanol–water partition coefficient (Wildman–Crippen LogP) is 4.92. The molecule has 0 spiro atoms. The minimum absolute atomic E-state index is 0. The van der Waals surface area contributed by atoms with Crippen molar-refractivity contribution in [2.45, 2.75) is 0 Å². The van der Waals surface area contributed by atoms with Crippen molar-refractivity contribution >= 4 is 63.1 Å². The normalized spacial score (nSPS) is 10.9. The lowest BCUT2D eigenvalue weighted by Crippen LogP contribution is -2.33. The molecule has 0 aliphatic carbocycles. The molecule has 3 nitrogen and oxygen atoms in total. The summed E-state index contributed by atoms with van der Waals surface area (Å²) in [4.78, 5) is 4.73. The summed E-state index contributed by atoms with van der Waals surface area (Å²) >= 11 is 11.8. The van der Waals surface area contributed by atoms with Gasteiger partial charge >= 0.3 is 0 Å². The highest BCUT2D eigenvalue weighted by atomic mass is 35.5. The Kier molecular flexibility index (Phi) is 6.72. The maximum Gasteiger partial charge on any atom is 0.0731 e. The fourth-order valence-electron chi connectivity index (χ4n) is 2.55. The molecule has 1 aromatic heterocycles. The summed E-state index contributed by atoms with van der Waals surface area (Å²) in [5, 5.41) is 4.24. The third-order valence-electron chi connectivity index (χ3n) is 3.57. The van der Waals surface area contributed by atoms with Gasteiger partial charge in [0.1, 0.15) is 0 Å². The molecule has 1 N–H and O–H groups in total. The van der Waals surface area contributed by atoms with Gasteiger partial charge in [-0.05, 0) is 12.1 Å². The first-order chi connectivity index (χ1) is 10.8. The van der Waals surface area contributed by atoms with E-state index in [1.54, 1.807) is 0 Å². The number of halogens is 3. The fraction of sp³-hybridized carbons (Fsp3) is 0.235. The van der Waals surface area contributed by atoms with Gasteiger partial charge in [-0.1, -0.05) is 36.4 Å². The Morgan fingerprint density at radius 1 is 0.826 bits per heavy atom. The second-order valence-corrected chi connectivity index (χ2v) is 5.75. The Balaban J connectivity index is 0.00000192. The second-order valence-electron chi connectivity index (χ2n) is 5.00. The van der Waals surface area contributed by atoms with E-state index in [0.29, 0.717) is 11.8 Å². The van der Waals surface area contributed by atoms with Crippen LogP contribution in [0.4, 0.5) is 5.69 Å². The molecule has 0 fully saturated rings. The summed E-state index contributed by atoms with van der Waals surface area (Å²) in [7, 11) is 0. The van der Waals surface area contributed by atoms with Crippen molar-refractivity contribution in [2.24, 2.45) is 0 Å². The number of pyridine rings is 1. The highest BCUT2D eigenvalue weighted by Crippen LogP contribution is 2.30. The van der Waals surface area contributed by atoms with Crippen LogP contribution in [0, 0.1) is 0 Å². The zero-order valence-electron chi connectivity index (χ0n) is 12.5. The number of hydrazine groups is 1. The van der Waals surface area contributed by atoms with Gasteiger partial charge in [0.15, 0.2) is 0 Å². The van der Waals surface area contributed by atoms with Crippen LogP contribution in [0.3, 0.4) is 0 Å². The van der Waals surface area contributed by atoms with E-state index in [0.717, 1.165) is 40.6 Å². The van der Waals surface area contributed by atoms with Crippen molar-refractivity contribution < 1.29 is 0 Å². The summed E-state index contributed by atoms with van der Waals surface area (Å²) in [6.07, 6.45) is 0. The van der Waals surface area contributed by atoms with Gasteiger partial charge in [0.25, 0.3) is 0 Å². The van der Waals surface area contributed by atoms with E-state index in [-0.39, 0.29) is 12.4 Å². The van der Waals surface area contributed by atoms with Crippen molar-refractivity contribution in [3.05, 3.63) is 48.5 Å². The molecule has 0 amide bonds. The van der Waals surface area contributed by atoms with E-state index in [1.807, 2.05) is 41.4 Å². The van der Waals surface area contributed by atoms with Crippen molar-refractivity contribution in [3.8, 4) is 0 Å². The Morgan fingerprint density at radius 2 is 1.30 bits per heavy atom. The SMILES string of the molecule is Cl.ClCCN(CCCl)Nc1c2ccccc2nc2ccccc12. The molecular weight excluding hydrogens is 353 g/mol. The van der Waals surface area contributed by atoms with Crippen LogP contribution in [0.15, 0.2) is 48.5 Å². The standard InChI is InChI=1S/C17H17Cl2N3.ClH/c18-9-11-22(12-10-19)21-17-13-5-1-3-7-15(13)20-16-8-4-2-6-14(16)17;/h1-8H,9-12H2,(H,20,21);1H. The van der Waals surface area contributed by atoms with Gasteiger partial charge in [0.2, 0.25) is 0 Å². The lowest BCUT2D eigenvalue weighted by Gasteiger charge is -2.24. The molecular formula is C17H18Cl3N3. The zero-order valence-corrected chi connectivity index (χ0v) is 14.8. The van der Waals surface area contributed by atoms with Crippen molar-refractivity contribution in [2.75, 3.05) is 30.3 Å². The number of rotatable bonds is 6. The molecule has 6 heteroatoms. The molecule has 3 aromatic rings. The average molecular weight is 371 g/mol. The molecule has 0 unspecified atom stereocenters. The molecule has 2 aromatic carbocycles. The minimum atomic E-state index is 0. The molecule has 0 radical (unpaired) electrons. The van der Waals surface area contributed by atoms with Gasteiger partial charge in [-0.3, -0.25) is 0 Å². The highest BCUT2D eigenvalue weighted by Gasteiger charge is 2.11. The lowest BCUT2D eigenvalue weighted by atomic mass is 10.1. The molecule has 0 aliphatic rings. The van der Waals surface area contributed by atoms with Crippen molar-refractivity contribution in [1.82, 2.24) is 9.99 Å². The maximum absolute atomic E-state index is 5.90. The van der Waals surface area contributed by atoms with Crippen LogP contribution >= 0.6 is 35.6 Å². The number of alkyl halides is 2. The number of aromatic nitrogens is 1. The van der Waals surface area contributed by atoms with Crippen LogP contribution in [0.2, 0.25) is 0 Å². The summed E-state index contributed by atoms with van der Waals surface area (Å²) in [6, 6.07) is 16.3. The average Bonchev–Trinajstić information content (AvgIpc) is 2.55. The van der Waals surface area contributed by atoms with Crippen LogP contribution in [-0.2, 0) is 0 Å². The maximum atomic E-state index is 5.90. The van der Waals surface area contributed by atoms with Gasteiger partial charge in [-0.2, -0.15) is 0 Å².